The lowest BCUT2D eigenvalue weighted by Crippen LogP contribution is -2.24. The second-order valence-corrected chi connectivity index (χ2v) is 7.04. The summed E-state index contributed by atoms with van der Waals surface area (Å²) in [6.07, 6.45) is 5.52. The van der Waals surface area contributed by atoms with E-state index in [9.17, 15) is 4.79 Å². The molecule has 0 fully saturated rings. The first-order chi connectivity index (χ1) is 13.7. The summed E-state index contributed by atoms with van der Waals surface area (Å²) >= 11 is 1.01. The molecule has 28 heavy (non-hydrogen) atoms. The summed E-state index contributed by atoms with van der Waals surface area (Å²) in [5.41, 5.74) is 10.3. The van der Waals surface area contributed by atoms with E-state index in [0.29, 0.717) is 11.5 Å². The fourth-order valence-corrected chi connectivity index (χ4v) is 3.38. The van der Waals surface area contributed by atoms with E-state index in [1.807, 2.05) is 35.0 Å². The maximum absolute atomic E-state index is 12.2. The highest BCUT2D eigenvalue weighted by Crippen LogP contribution is 2.24. The van der Waals surface area contributed by atoms with Crippen molar-refractivity contribution in [3.63, 3.8) is 0 Å². The number of carbonyl (C=O) groups is 1. The van der Waals surface area contributed by atoms with Crippen molar-refractivity contribution in [1.29, 1.82) is 0 Å². The number of nitrogens with zero attached hydrogens (tertiary/aromatic N) is 4. The van der Waals surface area contributed by atoms with E-state index in [1.54, 1.807) is 12.5 Å². The van der Waals surface area contributed by atoms with Gasteiger partial charge in [0, 0.05) is 37.0 Å². The number of hydrogen-bond acceptors (Lipinski definition) is 6. The lowest BCUT2D eigenvalue weighted by Gasteiger charge is -2.11. The van der Waals surface area contributed by atoms with Crippen LogP contribution in [0.4, 0.5) is 5.00 Å². The molecule has 0 aliphatic heterocycles. The molecule has 0 aliphatic carbocycles. The van der Waals surface area contributed by atoms with Crippen LogP contribution in [-0.4, -0.2) is 25.0 Å². The minimum atomic E-state index is -0.322. The van der Waals surface area contributed by atoms with Gasteiger partial charge in [0.15, 0.2) is 5.69 Å². The molecule has 7 nitrogen and oxygen atoms in total. The summed E-state index contributed by atoms with van der Waals surface area (Å²) in [6, 6.07) is 16.4. The van der Waals surface area contributed by atoms with Crippen molar-refractivity contribution in [3.05, 3.63) is 84.1 Å². The van der Waals surface area contributed by atoms with Gasteiger partial charge in [-0.05, 0) is 22.3 Å². The van der Waals surface area contributed by atoms with Gasteiger partial charge < -0.3 is 15.6 Å². The average molecular weight is 390 g/mol. The fraction of sp³-hybridized carbons (Fsp3) is 0.100. The van der Waals surface area contributed by atoms with E-state index >= 15 is 0 Å². The number of benzene rings is 2. The van der Waals surface area contributed by atoms with Gasteiger partial charge in [-0.2, -0.15) is 0 Å². The Balaban J connectivity index is 1.49. The fourth-order valence-electron chi connectivity index (χ4n) is 2.95. The smallest absolute Gasteiger partial charge is 0.275 e. The Hall–Kier alpha value is -3.52. The normalized spacial score (nSPS) is 10.7. The van der Waals surface area contributed by atoms with Gasteiger partial charge >= 0.3 is 0 Å². The third kappa shape index (κ3) is 3.91. The molecule has 4 aromatic rings. The zero-order chi connectivity index (χ0) is 19.3. The molecule has 0 aliphatic rings. The number of hydrogen-bond donors (Lipinski definition) is 2. The quantitative estimate of drug-likeness (QED) is 0.527. The van der Waals surface area contributed by atoms with E-state index in [0.717, 1.165) is 34.8 Å². The largest absolute Gasteiger partial charge is 0.387 e. The number of carbonyl (C=O) groups excluding carboxylic acids is 1. The van der Waals surface area contributed by atoms with Gasteiger partial charge in [-0.25, -0.2) is 4.98 Å². The average Bonchev–Trinajstić information content (AvgIpc) is 3.39. The first kappa shape index (κ1) is 17.9. The number of anilines is 1. The van der Waals surface area contributed by atoms with Crippen molar-refractivity contribution < 1.29 is 4.79 Å². The van der Waals surface area contributed by atoms with Crippen LogP contribution in [0.1, 0.15) is 21.6 Å². The highest BCUT2D eigenvalue weighted by molar-refractivity contribution is 7.10. The molecule has 0 spiro atoms. The van der Waals surface area contributed by atoms with Crippen LogP contribution in [0.3, 0.4) is 0 Å². The molecule has 0 saturated heterocycles. The third-order valence-electron chi connectivity index (χ3n) is 4.37. The third-order valence-corrected chi connectivity index (χ3v) is 4.93. The van der Waals surface area contributed by atoms with Crippen LogP contribution < -0.4 is 11.1 Å². The number of aromatic nitrogens is 4. The van der Waals surface area contributed by atoms with Crippen LogP contribution in [-0.2, 0) is 13.1 Å². The van der Waals surface area contributed by atoms with E-state index in [2.05, 4.69) is 44.2 Å². The lowest BCUT2D eigenvalue weighted by molar-refractivity contribution is 0.0947. The van der Waals surface area contributed by atoms with Crippen molar-refractivity contribution in [3.8, 4) is 11.1 Å². The zero-order valence-corrected chi connectivity index (χ0v) is 15.8. The molecule has 2 aromatic heterocycles. The van der Waals surface area contributed by atoms with Gasteiger partial charge in [0.1, 0.15) is 5.00 Å². The van der Waals surface area contributed by atoms with Crippen LogP contribution in [0, 0.1) is 0 Å². The highest BCUT2D eigenvalue weighted by atomic mass is 32.1. The Kier molecular flexibility index (Phi) is 5.11. The molecule has 8 heteroatoms. The number of amides is 1. The van der Waals surface area contributed by atoms with E-state index in [-0.39, 0.29) is 11.6 Å². The molecule has 3 N–H and O–H groups in total. The zero-order valence-electron chi connectivity index (χ0n) is 14.9. The van der Waals surface area contributed by atoms with Crippen LogP contribution in [0.2, 0.25) is 0 Å². The maximum atomic E-state index is 12.2. The molecule has 0 unspecified atom stereocenters. The molecule has 140 valence electrons. The predicted octanol–water partition coefficient (Wildman–Crippen LogP) is 2.96. The molecule has 0 saturated carbocycles. The topological polar surface area (TPSA) is 98.7 Å². The molecule has 0 radical (unpaired) electrons. The molecule has 2 heterocycles. The highest BCUT2D eigenvalue weighted by Gasteiger charge is 2.14. The monoisotopic (exact) mass is 390 g/mol. The van der Waals surface area contributed by atoms with Gasteiger partial charge in [-0.1, -0.05) is 53.0 Å². The van der Waals surface area contributed by atoms with E-state index in [4.69, 9.17) is 5.73 Å². The molecule has 0 atom stereocenters. The Labute approximate surface area is 166 Å². The van der Waals surface area contributed by atoms with E-state index in [1.165, 1.54) is 5.56 Å². The Morgan fingerprint density at radius 1 is 1.14 bits per heavy atom. The van der Waals surface area contributed by atoms with E-state index < -0.39 is 0 Å². The maximum Gasteiger partial charge on any atom is 0.275 e. The standard InChI is InChI=1S/C20H18N6OS/c21-19-18(24-25-28-19)20(27)23-11-16-3-1-2-4-17(16)15-7-5-14(6-8-15)12-26-10-9-22-13-26/h1-10,13H,11-12,21H2,(H,23,27). The van der Waals surface area contributed by atoms with Crippen LogP contribution in [0.5, 0.6) is 0 Å². The summed E-state index contributed by atoms with van der Waals surface area (Å²) in [5, 5.41) is 6.96. The van der Waals surface area contributed by atoms with Crippen LogP contribution in [0.25, 0.3) is 11.1 Å². The number of nitrogens with two attached hydrogens (primary N) is 1. The minimum absolute atomic E-state index is 0.173. The van der Waals surface area contributed by atoms with Crippen molar-refractivity contribution >= 4 is 22.4 Å². The molecule has 2 aromatic carbocycles. The molecular formula is C20H18N6OS. The summed E-state index contributed by atoms with van der Waals surface area (Å²) < 4.78 is 5.72. The van der Waals surface area contributed by atoms with Crippen LogP contribution in [0.15, 0.2) is 67.3 Å². The lowest BCUT2D eigenvalue weighted by atomic mass is 9.98. The predicted molar refractivity (Wildman–Crippen MR) is 109 cm³/mol. The summed E-state index contributed by atoms with van der Waals surface area (Å²) in [7, 11) is 0. The number of imidazole rings is 1. The first-order valence-electron chi connectivity index (χ1n) is 8.69. The molecule has 4 rings (SSSR count). The van der Waals surface area contributed by atoms with Gasteiger partial charge in [-0.3, -0.25) is 4.79 Å². The summed E-state index contributed by atoms with van der Waals surface area (Å²) in [5.74, 6) is -0.322. The Morgan fingerprint density at radius 3 is 2.68 bits per heavy atom. The van der Waals surface area contributed by atoms with Crippen LogP contribution >= 0.6 is 11.5 Å². The second kappa shape index (κ2) is 8.01. The van der Waals surface area contributed by atoms with Crippen molar-refractivity contribution in [2.75, 3.05) is 5.73 Å². The second-order valence-electron chi connectivity index (χ2n) is 6.26. The van der Waals surface area contributed by atoms with Gasteiger partial charge in [0.25, 0.3) is 5.91 Å². The number of nitrogen functional groups attached to an aromatic ring is 1. The number of nitrogens with one attached hydrogen (secondary N) is 1. The van der Waals surface area contributed by atoms with Gasteiger partial charge in [0.2, 0.25) is 0 Å². The van der Waals surface area contributed by atoms with Crippen molar-refractivity contribution in [1.82, 2.24) is 24.5 Å². The van der Waals surface area contributed by atoms with Crippen molar-refractivity contribution in [2.24, 2.45) is 0 Å². The molecular weight excluding hydrogens is 372 g/mol. The Morgan fingerprint density at radius 2 is 1.96 bits per heavy atom. The molecule has 0 bridgehead atoms. The summed E-state index contributed by atoms with van der Waals surface area (Å²) in [6.45, 7) is 1.16. The number of rotatable bonds is 6. The molecule has 1 amide bonds. The van der Waals surface area contributed by atoms with Gasteiger partial charge in [0.05, 0.1) is 6.33 Å². The van der Waals surface area contributed by atoms with Crippen molar-refractivity contribution in [2.45, 2.75) is 13.1 Å². The minimum Gasteiger partial charge on any atom is -0.387 e. The summed E-state index contributed by atoms with van der Waals surface area (Å²) in [4.78, 5) is 16.3. The van der Waals surface area contributed by atoms with Gasteiger partial charge in [-0.15, -0.1) is 5.10 Å². The first-order valence-corrected chi connectivity index (χ1v) is 9.47. The Bertz CT molecular complexity index is 1070. The SMILES string of the molecule is Nc1snnc1C(=O)NCc1ccccc1-c1ccc(Cn2ccnc2)cc1.